The molecule has 1 fully saturated rings. The standard InChI is InChI=1S/C34H32N10O5/c1-2-49-32(47)28-27-17-36-44(31(46)29(27)43(41-28)24-8-5-7-21(16-24)30-38-33(35)40-39-30)34(48)37-23-12-10-20(11-13-23)26-9-4-3-6-22(26)18-42-15-14-25(45)19-42/h3-13,16-17,25,45H,2,14-15,18-19H2,1H3,(H,37,48)(H3,35,38,39,40). The van der Waals surface area contributed by atoms with Gasteiger partial charge in [0.05, 0.1) is 30.0 Å². The van der Waals surface area contributed by atoms with E-state index >= 15 is 0 Å². The molecule has 1 atom stereocenters. The Morgan fingerprint density at radius 2 is 1.88 bits per heavy atom. The lowest BCUT2D eigenvalue weighted by Gasteiger charge is -2.18. The summed E-state index contributed by atoms with van der Waals surface area (Å²) in [6, 6.07) is 21.4. The summed E-state index contributed by atoms with van der Waals surface area (Å²) >= 11 is 0. The molecule has 1 aliphatic rings. The summed E-state index contributed by atoms with van der Waals surface area (Å²) in [5, 5.41) is 29.1. The number of likely N-dealkylation sites (tertiary alicyclic amines) is 1. The van der Waals surface area contributed by atoms with Crippen LogP contribution in [0.4, 0.5) is 16.4 Å². The average Bonchev–Trinajstić information content (AvgIpc) is 3.84. The van der Waals surface area contributed by atoms with Crippen LogP contribution in [0, 0.1) is 0 Å². The highest BCUT2D eigenvalue weighted by Gasteiger charge is 2.25. The van der Waals surface area contributed by atoms with Gasteiger partial charge in [0.15, 0.2) is 11.5 Å². The number of rotatable bonds is 8. The van der Waals surface area contributed by atoms with E-state index in [4.69, 9.17) is 10.5 Å². The number of amides is 1. The number of H-pyrrole nitrogens is 1. The van der Waals surface area contributed by atoms with Crippen LogP contribution in [-0.4, -0.2) is 82.5 Å². The molecule has 15 nitrogen and oxygen atoms in total. The number of nitrogens with two attached hydrogens (primary N) is 1. The molecule has 0 bridgehead atoms. The van der Waals surface area contributed by atoms with Crippen molar-refractivity contribution in [3.63, 3.8) is 0 Å². The minimum atomic E-state index is -0.802. The van der Waals surface area contributed by atoms with E-state index in [1.165, 1.54) is 10.9 Å². The third-order valence-corrected chi connectivity index (χ3v) is 8.25. The van der Waals surface area contributed by atoms with E-state index in [1.807, 2.05) is 30.3 Å². The topological polar surface area (TPSA) is 199 Å². The molecule has 4 heterocycles. The Labute approximate surface area is 279 Å². The fourth-order valence-electron chi connectivity index (χ4n) is 5.94. The second kappa shape index (κ2) is 13.1. The molecule has 0 spiro atoms. The molecule has 5 N–H and O–H groups in total. The van der Waals surface area contributed by atoms with Crippen LogP contribution in [0.2, 0.25) is 0 Å². The molecule has 3 aromatic heterocycles. The number of nitrogens with zero attached hydrogens (tertiary/aromatic N) is 7. The molecule has 1 saturated heterocycles. The summed E-state index contributed by atoms with van der Waals surface area (Å²) in [4.78, 5) is 45.3. The van der Waals surface area contributed by atoms with E-state index in [2.05, 4.69) is 41.7 Å². The van der Waals surface area contributed by atoms with Crippen LogP contribution in [0.5, 0.6) is 0 Å². The third kappa shape index (κ3) is 6.27. The highest BCUT2D eigenvalue weighted by Crippen LogP contribution is 2.28. The maximum Gasteiger partial charge on any atom is 0.359 e. The largest absolute Gasteiger partial charge is 0.461 e. The second-order valence-electron chi connectivity index (χ2n) is 11.6. The van der Waals surface area contributed by atoms with Crippen molar-refractivity contribution >= 4 is 34.5 Å². The zero-order valence-electron chi connectivity index (χ0n) is 26.4. The van der Waals surface area contributed by atoms with Crippen LogP contribution in [0.3, 0.4) is 0 Å². The van der Waals surface area contributed by atoms with Gasteiger partial charge >= 0.3 is 17.6 Å². The minimum absolute atomic E-state index is 0.0556. The van der Waals surface area contributed by atoms with E-state index < -0.39 is 17.6 Å². The first-order valence-electron chi connectivity index (χ1n) is 15.7. The van der Waals surface area contributed by atoms with Crippen molar-refractivity contribution in [2.45, 2.75) is 26.0 Å². The number of ether oxygens (including phenoxy) is 1. The molecule has 1 unspecified atom stereocenters. The number of fused-ring (bicyclic) bond motifs is 1. The van der Waals surface area contributed by atoms with Gasteiger partial charge in [0.25, 0.3) is 0 Å². The van der Waals surface area contributed by atoms with Crippen LogP contribution < -0.4 is 16.6 Å². The fraction of sp³-hybridized carbons (Fsp3) is 0.206. The zero-order chi connectivity index (χ0) is 34.1. The summed E-state index contributed by atoms with van der Waals surface area (Å²) in [6.07, 6.45) is 1.71. The van der Waals surface area contributed by atoms with Crippen LogP contribution >= 0.6 is 0 Å². The van der Waals surface area contributed by atoms with Gasteiger partial charge in [-0.3, -0.25) is 9.69 Å². The Kier molecular flexibility index (Phi) is 8.42. The lowest BCUT2D eigenvalue weighted by atomic mass is 9.99. The van der Waals surface area contributed by atoms with Crippen LogP contribution in [0.15, 0.2) is 83.8 Å². The maximum absolute atomic E-state index is 13.9. The molecule has 0 aliphatic carbocycles. The lowest BCUT2D eigenvalue weighted by molar-refractivity contribution is 0.0521. The summed E-state index contributed by atoms with van der Waals surface area (Å²) in [5.74, 6) is -0.220. The van der Waals surface area contributed by atoms with Crippen molar-refractivity contribution in [1.82, 2.24) is 39.6 Å². The molecule has 6 aromatic rings. The highest BCUT2D eigenvalue weighted by atomic mass is 16.5. The summed E-state index contributed by atoms with van der Waals surface area (Å²) in [6.45, 7) is 3.96. The predicted molar refractivity (Wildman–Crippen MR) is 181 cm³/mol. The Balaban J connectivity index is 1.19. The molecule has 49 heavy (non-hydrogen) atoms. The number of hydrogen-bond acceptors (Lipinski definition) is 11. The summed E-state index contributed by atoms with van der Waals surface area (Å²) in [7, 11) is 0. The van der Waals surface area contributed by atoms with Crippen molar-refractivity contribution in [2.24, 2.45) is 0 Å². The number of aromatic nitrogens is 7. The van der Waals surface area contributed by atoms with Gasteiger partial charge in [0.2, 0.25) is 5.95 Å². The van der Waals surface area contributed by atoms with Gasteiger partial charge in [-0.25, -0.2) is 14.3 Å². The first-order chi connectivity index (χ1) is 23.8. The Bertz CT molecular complexity index is 2240. The molecular formula is C34H32N10O5. The van der Waals surface area contributed by atoms with Crippen molar-refractivity contribution in [2.75, 3.05) is 30.7 Å². The average molecular weight is 661 g/mol. The van der Waals surface area contributed by atoms with E-state index in [0.717, 1.165) is 36.2 Å². The number of esters is 1. The first-order valence-corrected chi connectivity index (χ1v) is 15.7. The number of aromatic amines is 1. The molecular weight excluding hydrogens is 628 g/mol. The molecule has 0 saturated carbocycles. The van der Waals surface area contributed by atoms with Crippen molar-refractivity contribution in [3.8, 4) is 28.2 Å². The Morgan fingerprint density at radius 1 is 1.06 bits per heavy atom. The van der Waals surface area contributed by atoms with Gasteiger partial charge in [-0.2, -0.15) is 10.2 Å². The number of nitrogen functional groups attached to an aromatic ring is 1. The number of aliphatic hydroxyl groups is 1. The van der Waals surface area contributed by atoms with E-state index in [-0.39, 0.29) is 35.3 Å². The van der Waals surface area contributed by atoms with Crippen molar-refractivity contribution in [1.29, 1.82) is 0 Å². The first kappa shape index (κ1) is 31.4. The number of benzene rings is 3. The van der Waals surface area contributed by atoms with Crippen LogP contribution in [-0.2, 0) is 11.3 Å². The monoisotopic (exact) mass is 660 g/mol. The van der Waals surface area contributed by atoms with E-state index in [9.17, 15) is 19.5 Å². The van der Waals surface area contributed by atoms with Gasteiger partial charge in [-0.05, 0) is 54.3 Å². The Morgan fingerprint density at radius 3 is 2.61 bits per heavy atom. The molecule has 248 valence electrons. The number of anilines is 2. The van der Waals surface area contributed by atoms with Crippen LogP contribution in [0.25, 0.3) is 39.1 Å². The van der Waals surface area contributed by atoms with Crippen LogP contribution in [0.1, 0.15) is 29.4 Å². The minimum Gasteiger partial charge on any atom is -0.461 e. The van der Waals surface area contributed by atoms with Crippen molar-refractivity contribution in [3.05, 3.63) is 101 Å². The smallest absolute Gasteiger partial charge is 0.359 e. The summed E-state index contributed by atoms with van der Waals surface area (Å²) in [5.41, 5.74) is 9.29. The third-order valence-electron chi connectivity index (χ3n) is 8.25. The number of β-amino-alcohol motifs (C(OH)–C–C–N with tert-alkyl or cyclic N) is 1. The van der Waals surface area contributed by atoms with Gasteiger partial charge < -0.3 is 25.9 Å². The highest BCUT2D eigenvalue weighted by molar-refractivity contribution is 6.02. The number of carbonyl (C=O) groups excluding carboxylic acids is 2. The quantitative estimate of drug-likeness (QED) is 0.174. The predicted octanol–water partition coefficient (Wildman–Crippen LogP) is 3.44. The zero-order valence-corrected chi connectivity index (χ0v) is 26.4. The number of hydrogen-bond donors (Lipinski definition) is 4. The normalized spacial score (nSPS) is 14.7. The molecule has 1 aliphatic heterocycles. The van der Waals surface area contributed by atoms with Gasteiger partial charge in [0, 0.05) is 30.9 Å². The fourth-order valence-corrected chi connectivity index (χ4v) is 5.94. The van der Waals surface area contributed by atoms with Gasteiger partial charge in [-0.15, -0.1) is 14.9 Å². The van der Waals surface area contributed by atoms with Gasteiger partial charge in [-0.1, -0.05) is 48.5 Å². The number of nitrogens with one attached hydrogen (secondary N) is 2. The van der Waals surface area contributed by atoms with Gasteiger partial charge in [0.1, 0.15) is 5.52 Å². The van der Waals surface area contributed by atoms with E-state index in [0.29, 0.717) is 34.0 Å². The van der Waals surface area contributed by atoms with E-state index in [1.54, 1.807) is 43.3 Å². The molecule has 15 heteroatoms. The Hall–Kier alpha value is -6.19. The molecule has 7 rings (SSSR count). The molecule has 3 aromatic carbocycles. The van der Waals surface area contributed by atoms with Crippen molar-refractivity contribution < 1.29 is 19.4 Å². The number of carbonyl (C=O) groups is 2. The SMILES string of the molecule is CCOC(=O)c1nn(-c2cccc(-c3nnc(N)[nH]3)c2)c2c(=O)n(C(=O)Nc3ccc(-c4ccccc4CN4CCC(O)C4)cc3)ncc12. The maximum atomic E-state index is 13.9. The number of aliphatic hydroxyl groups excluding tert-OH is 1. The second-order valence-corrected chi connectivity index (χ2v) is 11.6. The molecule has 1 amide bonds. The molecule has 0 radical (unpaired) electrons. The lowest BCUT2D eigenvalue weighted by Crippen LogP contribution is -2.33. The summed E-state index contributed by atoms with van der Waals surface area (Å²) < 4.78 is 7.14.